The SMILES string of the molecule is N#C/C(=C/c1ccc(OCC(=O)Nc2ccc(I)cc2)cc1)C(=O)Nc1cc(Cl)ccc1Cl. The lowest BCUT2D eigenvalue weighted by molar-refractivity contribution is -0.118. The fourth-order valence-corrected chi connectivity index (χ4v) is 3.33. The van der Waals surface area contributed by atoms with Gasteiger partial charge in [0.2, 0.25) is 0 Å². The van der Waals surface area contributed by atoms with Crippen LogP contribution in [-0.4, -0.2) is 18.4 Å². The van der Waals surface area contributed by atoms with E-state index in [4.69, 9.17) is 27.9 Å². The third kappa shape index (κ3) is 7.49. The van der Waals surface area contributed by atoms with Gasteiger partial charge in [-0.2, -0.15) is 5.26 Å². The fourth-order valence-electron chi connectivity index (χ4n) is 2.64. The average molecular weight is 592 g/mol. The molecule has 0 aromatic heterocycles. The standard InChI is InChI=1S/C24H16Cl2IN3O3/c25-17-3-10-21(26)22(12-17)30-24(32)16(13-28)11-15-1-8-20(9-2-15)33-14-23(31)29-19-6-4-18(27)5-7-19/h1-12H,14H2,(H,29,31)(H,30,32)/b16-11-. The maximum Gasteiger partial charge on any atom is 0.266 e. The van der Waals surface area contributed by atoms with Gasteiger partial charge in [0.25, 0.3) is 11.8 Å². The first kappa shape index (κ1) is 24.6. The average Bonchev–Trinajstić information content (AvgIpc) is 2.80. The summed E-state index contributed by atoms with van der Waals surface area (Å²) in [5, 5.41) is 15.4. The second kappa shape index (κ2) is 11.7. The molecule has 3 rings (SSSR count). The number of amides is 2. The highest BCUT2D eigenvalue weighted by Crippen LogP contribution is 2.26. The Kier molecular flexibility index (Phi) is 8.72. The number of ether oxygens (including phenoxy) is 1. The number of hydrogen-bond acceptors (Lipinski definition) is 4. The van der Waals surface area contributed by atoms with Crippen LogP contribution in [-0.2, 0) is 9.59 Å². The van der Waals surface area contributed by atoms with Crippen LogP contribution in [0.2, 0.25) is 10.0 Å². The number of anilines is 2. The van der Waals surface area contributed by atoms with Crippen molar-refractivity contribution in [2.24, 2.45) is 0 Å². The molecule has 33 heavy (non-hydrogen) atoms. The molecule has 2 N–H and O–H groups in total. The minimum absolute atomic E-state index is 0.114. The number of nitrogens with one attached hydrogen (secondary N) is 2. The minimum Gasteiger partial charge on any atom is -0.484 e. The van der Waals surface area contributed by atoms with Crippen molar-refractivity contribution in [3.8, 4) is 11.8 Å². The van der Waals surface area contributed by atoms with Crippen molar-refractivity contribution in [1.82, 2.24) is 0 Å². The summed E-state index contributed by atoms with van der Waals surface area (Å²) in [4.78, 5) is 24.5. The first-order chi connectivity index (χ1) is 15.8. The van der Waals surface area contributed by atoms with Crippen molar-refractivity contribution >= 4 is 75.1 Å². The first-order valence-corrected chi connectivity index (χ1v) is 11.3. The predicted molar refractivity (Wildman–Crippen MR) is 138 cm³/mol. The summed E-state index contributed by atoms with van der Waals surface area (Å²) in [5.41, 5.74) is 1.49. The molecule has 3 aromatic carbocycles. The first-order valence-electron chi connectivity index (χ1n) is 9.50. The number of carbonyl (C=O) groups excluding carboxylic acids is 2. The number of rotatable bonds is 7. The maximum atomic E-state index is 12.5. The normalized spacial score (nSPS) is 10.8. The van der Waals surface area contributed by atoms with Crippen molar-refractivity contribution in [3.05, 3.63) is 91.5 Å². The van der Waals surface area contributed by atoms with Gasteiger partial charge in [-0.25, -0.2) is 0 Å². The molecule has 0 saturated heterocycles. The Morgan fingerprint density at radius 3 is 2.36 bits per heavy atom. The number of hydrogen-bond donors (Lipinski definition) is 2. The van der Waals surface area contributed by atoms with E-state index in [9.17, 15) is 14.9 Å². The molecule has 0 aliphatic heterocycles. The summed E-state index contributed by atoms with van der Waals surface area (Å²) in [6.07, 6.45) is 1.43. The van der Waals surface area contributed by atoms with Gasteiger partial charge in [0, 0.05) is 14.3 Å². The second-order valence-electron chi connectivity index (χ2n) is 6.66. The zero-order chi connectivity index (χ0) is 23.8. The predicted octanol–water partition coefficient (Wildman–Crippen LogP) is 6.16. The lowest BCUT2D eigenvalue weighted by atomic mass is 10.1. The lowest BCUT2D eigenvalue weighted by Gasteiger charge is -2.08. The van der Waals surface area contributed by atoms with Crippen LogP contribution in [0.5, 0.6) is 5.75 Å². The summed E-state index contributed by atoms with van der Waals surface area (Å²) >= 11 is 14.2. The summed E-state index contributed by atoms with van der Waals surface area (Å²) < 4.78 is 6.57. The molecule has 0 heterocycles. The number of carbonyl (C=O) groups is 2. The Bertz CT molecular complexity index is 1240. The van der Waals surface area contributed by atoms with Crippen LogP contribution in [0.3, 0.4) is 0 Å². The quantitative estimate of drug-likeness (QED) is 0.195. The zero-order valence-corrected chi connectivity index (χ0v) is 20.6. The number of nitrogens with zero attached hydrogens (tertiary/aromatic N) is 1. The third-order valence-corrected chi connectivity index (χ3v) is 5.51. The van der Waals surface area contributed by atoms with E-state index in [-0.39, 0.29) is 18.1 Å². The second-order valence-corrected chi connectivity index (χ2v) is 8.75. The van der Waals surface area contributed by atoms with Gasteiger partial charge in [-0.15, -0.1) is 0 Å². The Morgan fingerprint density at radius 2 is 1.70 bits per heavy atom. The minimum atomic E-state index is -0.616. The molecular formula is C24H16Cl2IN3O3. The monoisotopic (exact) mass is 591 g/mol. The molecule has 3 aromatic rings. The summed E-state index contributed by atoms with van der Waals surface area (Å²) in [6.45, 7) is -0.159. The summed E-state index contributed by atoms with van der Waals surface area (Å²) in [7, 11) is 0. The maximum absolute atomic E-state index is 12.5. The van der Waals surface area contributed by atoms with Crippen molar-refractivity contribution < 1.29 is 14.3 Å². The van der Waals surface area contributed by atoms with Crippen LogP contribution in [0.1, 0.15) is 5.56 Å². The van der Waals surface area contributed by atoms with Gasteiger partial charge in [0.15, 0.2) is 6.61 Å². The van der Waals surface area contributed by atoms with Gasteiger partial charge in [-0.05, 0) is 88.8 Å². The highest BCUT2D eigenvalue weighted by molar-refractivity contribution is 14.1. The molecule has 0 unspecified atom stereocenters. The highest BCUT2D eigenvalue weighted by atomic mass is 127. The smallest absolute Gasteiger partial charge is 0.266 e. The van der Waals surface area contributed by atoms with Gasteiger partial charge < -0.3 is 15.4 Å². The van der Waals surface area contributed by atoms with E-state index in [1.807, 2.05) is 30.3 Å². The largest absolute Gasteiger partial charge is 0.484 e. The van der Waals surface area contributed by atoms with E-state index in [2.05, 4.69) is 33.2 Å². The van der Waals surface area contributed by atoms with Gasteiger partial charge in [-0.1, -0.05) is 35.3 Å². The van der Waals surface area contributed by atoms with Crippen LogP contribution in [0.15, 0.2) is 72.3 Å². The van der Waals surface area contributed by atoms with E-state index in [1.165, 1.54) is 12.1 Å². The lowest BCUT2D eigenvalue weighted by Crippen LogP contribution is -2.20. The van der Waals surface area contributed by atoms with Crippen LogP contribution >= 0.6 is 45.8 Å². The van der Waals surface area contributed by atoms with Crippen LogP contribution < -0.4 is 15.4 Å². The Hall–Kier alpha value is -3.06. The van der Waals surface area contributed by atoms with Crippen molar-refractivity contribution in [2.75, 3.05) is 17.2 Å². The van der Waals surface area contributed by atoms with E-state index in [0.29, 0.717) is 32.7 Å². The Labute approximate surface area is 214 Å². The number of halogens is 3. The molecule has 166 valence electrons. The fraction of sp³-hybridized carbons (Fsp3) is 0.0417. The molecule has 2 amide bonds. The van der Waals surface area contributed by atoms with Gasteiger partial charge in [0.1, 0.15) is 17.4 Å². The molecule has 0 saturated carbocycles. The molecule has 0 bridgehead atoms. The Morgan fingerprint density at radius 1 is 1.00 bits per heavy atom. The molecule has 0 spiro atoms. The van der Waals surface area contributed by atoms with E-state index in [1.54, 1.807) is 36.4 Å². The highest BCUT2D eigenvalue weighted by Gasteiger charge is 2.12. The van der Waals surface area contributed by atoms with Gasteiger partial charge in [-0.3, -0.25) is 9.59 Å². The van der Waals surface area contributed by atoms with Crippen molar-refractivity contribution in [1.29, 1.82) is 5.26 Å². The van der Waals surface area contributed by atoms with Crippen LogP contribution in [0, 0.1) is 14.9 Å². The van der Waals surface area contributed by atoms with E-state index >= 15 is 0 Å². The van der Waals surface area contributed by atoms with E-state index < -0.39 is 5.91 Å². The van der Waals surface area contributed by atoms with E-state index in [0.717, 1.165) is 3.57 Å². The van der Waals surface area contributed by atoms with Gasteiger partial charge in [0.05, 0.1) is 10.7 Å². The van der Waals surface area contributed by atoms with Crippen molar-refractivity contribution in [2.45, 2.75) is 0 Å². The molecule has 9 heteroatoms. The van der Waals surface area contributed by atoms with Crippen LogP contribution in [0.4, 0.5) is 11.4 Å². The number of benzene rings is 3. The summed E-state index contributed by atoms with van der Waals surface area (Å²) in [6, 6.07) is 20.5. The molecule has 0 aliphatic carbocycles. The Balaban J connectivity index is 1.59. The summed E-state index contributed by atoms with van der Waals surface area (Å²) in [5.74, 6) is -0.434. The molecule has 0 aliphatic rings. The molecule has 6 nitrogen and oxygen atoms in total. The van der Waals surface area contributed by atoms with Gasteiger partial charge >= 0.3 is 0 Å². The van der Waals surface area contributed by atoms with Crippen molar-refractivity contribution in [3.63, 3.8) is 0 Å². The molecular weight excluding hydrogens is 576 g/mol. The molecule has 0 radical (unpaired) electrons. The molecule has 0 atom stereocenters. The van der Waals surface area contributed by atoms with Crippen LogP contribution in [0.25, 0.3) is 6.08 Å². The molecule has 0 fully saturated rings. The topological polar surface area (TPSA) is 91.2 Å². The number of nitriles is 1. The third-order valence-electron chi connectivity index (χ3n) is 4.23. The zero-order valence-electron chi connectivity index (χ0n) is 16.9.